The van der Waals surface area contributed by atoms with Crippen molar-refractivity contribution in [3.05, 3.63) is 17.8 Å². The number of aryl methyl sites for hydroxylation is 1. The summed E-state index contributed by atoms with van der Waals surface area (Å²) >= 11 is 0. The van der Waals surface area contributed by atoms with E-state index in [0.717, 1.165) is 18.0 Å². The van der Waals surface area contributed by atoms with Gasteiger partial charge in [0.25, 0.3) is 0 Å². The number of oxazole rings is 1. The minimum atomic E-state index is 0.825. The van der Waals surface area contributed by atoms with Gasteiger partial charge in [-0.3, -0.25) is 0 Å². The van der Waals surface area contributed by atoms with Gasteiger partial charge in [0.1, 0.15) is 5.76 Å². The molecule has 0 aromatic carbocycles. The first-order chi connectivity index (χ1) is 4.70. The van der Waals surface area contributed by atoms with Gasteiger partial charge in [-0.15, -0.1) is 0 Å². The lowest BCUT2D eigenvalue weighted by Gasteiger charge is -2.05. The maximum atomic E-state index is 5.12. The van der Waals surface area contributed by atoms with Gasteiger partial charge in [0.05, 0.1) is 12.2 Å². The van der Waals surface area contributed by atoms with Crippen molar-refractivity contribution in [2.75, 3.05) is 14.1 Å². The van der Waals surface area contributed by atoms with Crippen LogP contribution in [0.5, 0.6) is 0 Å². The second-order valence-electron chi connectivity index (χ2n) is 2.60. The van der Waals surface area contributed by atoms with Gasteiger partial charge in [-0.05, 0) is 21.0 Å². The standard InChI is InChI=1S/C7H12N2O/c1-6-7(4-9(2)3)10-5-8-6/h5H,4H2,1-3H3. The molecule has 1 aromatic rings. The van der Waals surface area contributed by atoms with Crippen LogP contribution < -0.4 is 0 Å². The maximum Gasteiger partial charge on any atom is 0.181 e. The molecular formula is C7H12N2O. The average molecular weight is 140 g/mol. The number of nitrogens with zero attached hydrogens (tertiary/aromatic N) is 2. The summed E-state index contributed by atoms with van der Waals surface area (Å²) < 4.78 is 5.12. The van der Waals surface area contributed by atoms with Crippen LogP contribution in [0, 0.1) is 6.92 Å². The molecule has 0 radical (unpaired) electrons. The SMILES string of the molecule is Cc1ncoc1CN(C)C. The van der Waals surface area contributed by atoms with E-state index in [4.69, 9.17) is 4.42 Å². The molecule has 0 N–H and O–H groups in total. The van der Waals surface area contributed by atoms with Crippen molar-refractivity contribution < 1.29 is 4.42 Å². The largest absolute Gasteiger partial charge is 0.447 e. The first-order valence-corrected chi connectivity index (χ1v) is 3.24. The normalized spacial score (nSPS) is 10.8. The fourth-order valence-corrected chi connectivity index (χ4v) is 0.765. The summed E-state index contributed by atoms with van der Waals surface area (Å²) in [5.41, 5.74) is 0.980. The summed E-state index contributed by atoms with van der Waals surface area (Å²) in [4.78, 5) is 6.03. The van der Waals surface area contributed by atoms with Crippen molar-refractivity contribution >= 4 is 0 Å². The molecule has 1 heterocycles. The monoisotopic (exact) mass is 140 g/mol. The lowest BCUT2D eigenvalue weighted by Crippen LogP contribution is -2.10. The quantitative estimate of drug-likeness (QED) is 0.614. The van der Waals surface area contributed by atoms with Crippen LogP contribution in [0.1, 0.15) is 11.5 Å². The van der Waals surface area contributed by atoms with E-state index in [0.29, 0.717) is 0 Å². The van der Waals surface area contributed by atoms with Gasteiger partial charge < -0.3 is 9.32 Å². The molecule has 56 valence electrons. The van der Waals surface area contributed by atoms with Crippen LogP contribution in [0.4, 0.5) is 0 Å². The predicted octanol–water partition coefficient (Wildman–Crippen LogP) is 1.04. The Hall–Kier alpha value is -0.830. The highest BCUT2D eigenvalue weighted by molar-refractivity contribution is 5.03. The molecule has 0 aliphatic carbocycles. The predicted molar refractivity (Wildman–Crippen MR) is 38.6 cm³/mol. The minimum Gasteiger partial charge on any atom is -0.447 e. The van der Waals surface area contributed by atoms with Crippen molar-refractivity contribution in [1.29, 1.82) is 0 Å². The summed E-state index contributed by atoms with van der Waals surface area (Å²) in [6, 6.07) is 0. The maximum absolute atomic E-state index is 5.12. The number of rotatable bonds is 2. The second kappa shape index (κ2) is 2.84. The highest BCUT2D eigenvalue weighted by Gasteiger charge is 2.02. The number of hydrogen-bond donors (Lipinski definition) is 0. The molecule has 10 heavy (non-hydrogen) atoms. The smallest absolute Gasteiger partial charge is 0.181 e. The van der Waals surface area contributed by atoms with Crippen molar-refractivity contribution in [1.82, 2.24) is 9.88 Å². The summed E-state index contributed by atoms with van der Waals surface area (Å²) in [5, 5.41) is 0. The molecule has 0 bridgehead atoms. The van der Waals surface area contributed by atoms with Crippen LogP contribution in [-0.2, 0) is 6.54 Å². The summed E-state index contributed by atoms with van der Waals surface area (Å²) in [6.45, 7) is 2.77. The Kier molecular flexibility index (Phi) is 2.06. The van der Waals surface area contributed by atoms with Crippen molar-refractivity contribution in [3.8, 4) is 0 Å². The topological polar surface area (TPSA) is 29.3 Å². The zero-order valence-electron chi connectivity index (χ0n) is 6.59. The van der Waals surface area contributed by atoms with E-state index >= 15 is 0 Å². The number of hydrogen-bond acceptors (Lipinski definition) is 3. The highest BCUT2D eigenvalue weighted by atomic mass is 16.3. The molecule has 0 atom stereocenters. The lowest BCUT2D eigenvalue weighted by atomic mass is 10.3. The van der Waals surface area contributed by atoms with E-state index in [1.54, 1.807) is 0 Å². The molecular weight excluding hydrogens is 128 g/mol. The van der Waals surface area contributed by atoms with Gasteiger partial charge in [-0.2, -0.15) is 0 Å². The van der Waals surface area contributed by atoms with Crippen molar-refractivity contribution in [3.63, 3.8) is 0 Å². The van der Waals surface area contributed by atoms with Crippen LogP contribution in [0.3, 0.4) is 0 Å². The first-order valence-electron chi connectivity index (χ1n) is 3.24. The first kappa shape index (κ1) is 7.28. The highest BCUT2D eigenvalue weighted by Crippen LogP contribution is 2.05. The van der Waals surface area contributed by atoms with Crippen LogP contribution in [0.2, 0.25) is 0 Å². The lowest BCUT2D eigenvalue weighted by molar-refractivity contribution is 0.348. The average Bonchev–Trinajstić information content (AvgIpc) is 2.15. The molecule has 0 aliphatic heterocycles. The third-order valence-corrected chi connectivity index (χ3v) is 1.30. The van der Waals surface area contributed by atoms with E-state index in [1.807, 2.05) is 25.9 Å². The van der Waals surface area contributed by atoms with Crippen LogP contribution in [-0.4, -0.2) is 24.0 Å². The Balaban J connectivity index is 2.65. The van der Waals surface area contributed by atoms with E-state index in [-0.39, 0.29) is 0 Å². The zero-order chi connectivity index (χ0) is 7.56. The summed E-state index contributed by atoms with van der Waals surface area (Å²) in [5.74, 6) is 0.949. The third kappa shape index (κ3) is 1.57. The van der Waals surface area contributed by atoms with E-state index in [9.17, 15) is 0 Å². The van der Waals surface area contributed by atoms with Crippen LogP contribution >= 0.6 is 0 Å². The fraction of sp³-hybridized carbons (Fsp3) is 0.571. The molecule has 0 spiro atoms. The molecule has 0 unspecified atom stereocenters. The molecule has 3 heteroatoms. The Morgan fingerprint density at radius 2 is 2.30 bits per heavy atom. The Morgan fingerprint density at radius 3 is 2.70 bits per heavy atom. The zero-order valence-corrected chi connectivity index (χ0v) is 6.59. The minimum absolute atomic E-state index is 0.825. The van der Waals surface area contributed by atoms with E-state index < -0.39 is 0 Å². The van der Waals surface area contributed by atoms with Crippen LogP contribution in [0.25, 0.3) is 0 Å². The second-order valence-corrected chi connectivity index (χ2v) is 2.60. The molecule has 0 fully saturated rings. The third-order valence-electron chi connectivity index (χ3n) is 1.30. The Bertz CT molecular complexity index is 205. The molecule has 1 rings (SSSR count). The van der Waals surface area contributed by atoms with Gasteiger partial charge in [0, 0.05) is 0 Å². The van der Waals surface area contributed by atoms with Gasteiger partial charge in [-0.25, -0.2) is 4.98 Å². The van der Waals surface area contributed by atoms with Gasteiger partial charge >= 0.3 is 0 Å². The molecule has 0 saturated carbocycles. The van der Waals surface area contributed by atoms with Crippen LogP contribution in [0.15, 0.2) is 10.8 Å². The van der Waals surface area contributed by atoms with Crippen molar-refractivity contribution in [2.24, 2.45) is 0 Å². The Morgan fingerprint density at radius 1 is 1.60 bits per heavy atom. The molecule has 0 aliphatic rings. The van der Waals surface area contributed by atoms with E-state index in [1.165, 1.54) is 6.39 Å². The summed E-state index contributed by atoms with van der Waals surface area (Å²) in [6.07, 6.45) is 1.48. The molecule has 0 amide bonds. The summed E-state index contributed by atoms with van der Waals surface area (Å²) in [7, 11) is 4.00. The fourth-order valence-electron chi connectivity index (χ4n) is 0.765. The molecule has 1 aromatic heterocycles. The molecule has 3 nitrogen and oxygen atoms in total. The Labute approximate surface area is 60.7 Å². The number of aromatic nitrogens is 1. The van der Waals surface area contributed by atoms with E-state index in [2.05, 4.69) is 4.98 Å². The van der Waals surface area contributed by atoms with Gasteiger partial charge in [0.15, 0.2) is 6.39 Å². The molecule has 0 saturated heterocycles. The van der Waals surface area contributed by atoms with Gasteiger partial charge in [-0.1, -0.05) is 0 Å². The van der Waals surface area contributed by atoms with Gasteiger partial charge in [0.2, 0.25) is 0 Å². The van der Waals surface area contributed by atoms with Crippen molar-refractivity contribution in [2.45, 2.75) is 13.5 Å².